The maximum Gasteiger partial charge on any atom is 0.271 e. The normalized spacial score (nSPS) is 22.5. The van der Waals surface area contributed by atoms with E-state index in [9.17, 15) is 4.79 Å². The van der Waals surface area contributed by atoms with Crippen molar-refractivity contribution >= 4 is 5.91 Å². The van der Waals surface area contributed by atoms with Crippen LogP contribution in [0.3, 0.4) is 0 Å². The number of fused-ring (bicyclic) bond motifs is 3. The zero-order chi connectivity index (χ0) is 17.5. The molecule has 132 valence electrons. The fourth-order valence-electron chi connectivity index (χ4n) is 4.21. The Morgan fingerprint density at radius 1 is 1.08 bits per heavy atom. The van der Waals surface area contributed by atoms with Crippen LogP contribution >= 0.6 is 0 Å². The van der Waals surface area contributed by atoms with Crippen LogP contribution in [0.1, 0.15) is 27.8 Å². The Balaban J connectivity index is 1.45. The van der Waals surface area contributed by atoms with Gasteiger partial charge in [0.25, 0.3) is 5.91 Å². The number of pyridine rings is 1. The lowest BCUT2D eigenvalue weighted by atomic mass is 10.1. The lowest BCUT2D eigenvalue weighted by Gasteiger charge is -2.38. The van der Waals surface area contributed by atoms with Gasteiger partial charge in [-0.25, -0.2) is 0 Å². The van der Waals surface area contributed by atoms with Crippen LogP contribution < -0.4 is 0 Å². The van der Waals surface area contributed by atoms with Gasteiger partial charge < -0.3 is 13.9 Å². The number of nitrogens with zero attached hydrogens (tertiary/aromatic N) is 4. The minimum absolute atomic E-state index is 0.0899. The van der Waals surface area contributed by atoms with Crippen LogP contribution in [0.25, 0.3) is 0 Å². The van der Waals surface area contributed by atoms with Gasteiger partial charge in [-0.3, -0.25) is 14.7 Å². The van der Waals surface area contributed by atoms with Gasteiger partial charge >= 0.3 is 0 Å². The second kappa shape index (κ2) is 6.14. The number of likely N-dealkylation sites (tertiary alicyclic amines) is 1. The first-order valence-electron chi connectivity index (χ1n) is 8.91. The molecule has 26 heavy (non-hydrogen) atoms. The highest BCUT2D eigenvalue weighted by atomic mass is 16.3. The first-order chi connectivity index (χ1) is 12.8. The zero-order valence-electron chi connectivity index (χ0n) is 14.4. The molecule has 1 amide bonds. The number of carbonyl (C=O) groups is 1. The summed E-state index contributed by atoms with van der Waals surface area (Å²) >= 11 is 0. The third kappa shape index (κ3) is 2.54. The van der Waals surface area contributed by atoms with Crippen LogP contribution in [0, 0.1) is 0 Å². The predicted molar refractivity (Wildman–Crippen MR) is 95.4 cm³/mol. The smallest absolute Gasteiger partial charge is 0.271 e. The molecule has 0 unspecified atom stereocenters. The molecule has 0 radical (unpaired) electrons. The summed E-state index contributed by atoms with van der Waals surface area (Å²) in [5.74, 6) is 0.0899. The summed E-state index contributed by atoms with van der Waals surface area (Å²) in [5.41, 5.74) is 2.86. The van der Waals surface area contributed by atoms with Gasteiger partial charge in [0.05, 0.1) is 36.8 Å². The molecule has 6 heteroatoms. The molecule has 1 saturated heterocycles. The molecule has 5 rings (SSSR count). The molecule has 0 aliphatic carbocycles. The van der Waals surface area contributed by atoms with Gasteiger partial charge in [-0.1, -0.05) is 6.07 Å². The zero-order valence-corrected chi connectivity index (χ0v) is 14.4. The van der Waals surface area contributed by atoms with Gasteiger partial charge in [0, 0.05) is 37.6 Å². The highest BCUT2D eigenvalue weighted by Gasteiger charge is 2.44. The molecule has 0 aromatic carbocycles. The molecule has 2 aliphatic rings. The molecular formula is C20H20N4O2. The van der Waals surface area contributed by atoms with Gasteiger partial charge in [0.1, 0.15) is 5.69 Å². The number of rotatable bonds is 4. The second-order valence-corrected chi connectivity index (χ2v) is 7.02. The van der Waals surface area contributed by atoms with Crippen molar-refractivity contribution in [2.45, 2.75) is 25.2 Å². The van der Waals surface area contributed by atoms with E-state index in [0.717, 1.165) is 31.0 Å². The molecule has 0 N–H and O–H groups in total. The first kappa shape index (κ1) is 15.4. The van der Waals surface area contributed by atoms with E-state index in [4.69, 9.17) is 4.42 Å². The quantitative estimate of drug-likeness (QED) is 0.727. The molecule has 0 spiro atoms. The molecule has 6 nitrogen and oxygen atoms in total. The first-order valence-corrected chi connectivity index (χ1v) is 8.91. The van der Waals surface area contributed by atoms with Gasteiger partial charge in [-0.2, -0.15) is 0 Å². The summed E-state index contributed by atoms with van der Waals surface area (Å²) in [6.07, 6.45) is 7.31. The molecule has 1 fully saturated rings. The van der Waals surface area contributed by atoms with Crippen LogP contribution in [-0.4, -0.2) is 44.4 Å². The van der Waals surface area contributed by atoms with E-state index in [-0.39, 0.29) is 18.0 Å². The van der Waals surface area contributed by atoms with E-state index >= 15 is 0 Å². The SMILES string of the molecule is O=C1c2cccn2[C@@H]2CN(Cc3ccoc3)C[C@H]2N1Cc1ccccn1. The van der Waals surface area contributed by atoms with Crippen LogP contribution in [0.15, 0.2) is 65.7 Å². The van der Waals surface area contributed by atoms with Crippen LogP contribution in [0.5, 0.6) is 0 Å². The average Bonchev–Trinajstić information content (AvgIpc) is 3.40. The van der Waals surface area contributed by atoms with E-state index in [1.54, 1.807) is 18.7 Å². The fraction of sp³-hybridized carbons (Fsp3) is 0.300. The van der Waals surface area contributed by atoms with Crippen molar-refractivity contribution in [1.29, 1.82) is 0 Å². The van der Waals surface area contributed by atoms with Crippen molar-refractivity contribution in [3.8, 4) is 0 Å². The Morgan fingerprint density at radius 2 is 2.00 bits per heavy atom. The highest BCUT2D eigenvalue weighted by Crippen LogP contribution is 2.35. The van der Waals surface area contributed by atoms with Crippen molar-refractivity contribution in [3.63, 3.8) is 0 Å². The molecular weight excluding hydrogens is 328 g/mol. The number of hydrogen-bond donors (Lipinski definition) is 0. The Labute approximate surface area is 151 Å². The maximum absolute atomic E-state index is 13.1. The van der Waals surface area contributed by atoms with E-state index in [0.29, 0.717) is 6.54 Å². The Kier molecular flexibility index (Phi) is 3.64. The van der Waals surface area contributed by atoms with Gasteiger partial charge in [-0.05, 0) is 30.3 Å². The van der Waals surface area contributed by atoms with E-state index < -0.39 is 0 Å². The predicted octanol–water partition coefficient (Wildman–Crippen LogP) is 2.56. The van der Waals surface area contributed by atoms with Crippen molar-refractivity contribution in [2.75, 3.05) is 13.1 Å². The third-order valence-electron chi connectivity index (χ3n) is 5.40. The summed E-state index contributed by atoms with van der Waals surface area (Å²) in [6, 6.07) is 12.2. The molecule has 3 aromatic heterocycles. The van der Waals surface area contributed by atoms with Crippen molar-refractivity contribution in [3.05, 3.63) is 78.3 Å². The summed E-state index contributed by atoms with van der Waals surface area (Å²) in [5, 5.41) is 0. The minimum atomic E-state index is 0.0899. The molecule has 2 atom stereocenters. The summed E-state index contributed by atoms with van der Waals surface area (Å²) in [6.45, 7) is 3.16. The number of furan rings is 1. The molecule has 0 saturated carbocycles. The van der Waals surface area contributed by atoms with Crippen LogP contribution in [-0.2, 0) is 13.1 Å². The molecule has 2 aliphatic heterocycles. The summed E-state index contributed by atoms with van der Waals surface area (Å²) in [4.78, 5) is 21.9. The van der Waals surface area contributed by atoms with Crippen LogP contribution in [0.4, 0.5) is 0 Å². The van der Waals surface area contributed by atoms with Crippen molar-refractivity contribution < 1.29 is 9.21 Å². The standard InChI is InChI=1S/C20H20N4O2/c25-20-17-5-3-8-23(17)18-12-22(10-15-6-9-26-14-15)13-19(18)24(20)11-16-4-1-2-7-21-16/h1-9,14,18-19H,10-13H2/t18-,19-/m1/s1. The van der Waals surface area contributed by atoms with E-state index in [1.165, 1.54) is 5.56 Å². The van der Waals surface area contributed by atoms with Crippen LogP contribution in [0.2, 0.25) is 0 Å². The number of amides is 1. The van der Waals surface area contributed by atoms with E-state index in [1.807, 2.05) is 47.5 Å². The summed E-state index contributed by atoms with van der Waals surface area (Å²) < 4.78 is 7.35. The van der Waals surface area contributed by atoms with Gasteiger partial charge in [0.2, 0.25) is 0 Å². The number of hydrogen-bond acceptors (Lipinski definition) is 4. The van der Waals surface area contributed by atoms with E-state index in [2.05, 4.69) is 14.5 Å². The Hall–Kier alpha value is -2.86. The highest BCUT2D eigenvalue weighted by molar-refractivity contribution is 5.94. The van der Waals surface area contributed by atoms with Gasteiger partial charge in [0.15, 0.2) is 0 Å². The fourth-order valence-corrected chi connectivity index (χ4v) is 4.21. The number of carbonyl (C=O) groups excluding carboxylic acids is 1. The lowest BCUT2D eigenvalue weighted by Crippen LogP contribution is -2.49. The topological polar surface area (TPSA) is 54.5 Å². The third-order valence-corrected chi connectivity index (χ3v) is 5.40. The largest absolute Gasteiger partial charge is 0.472 e. The molecule has 5 heterocycles. The average molecular weight is 348 g/mol. The monoisotopic (exact) mass is 348 g/mol. The summed E-state index contributed by atoms with van der Waals surface area (Å²) in [7, 11) is 0. The van der Waals surface area contributed by atoms with Gasteiger partial charge in [-0.15, -0.1) is 0 Å². The lowest BCUT2D eigenvalue weighted by molar-refractivity contribution is 0.0553. The molecule has 3 aromatic rings. The maximum atomic E-state index is 13.1. The van der Waals surface area contributed by atoms with Crippen molar-refractivity contribution in [2.24, 2.45) is 0 Å². The number of aromatic nitrogens is 2. The Morgan fingerprint density at radius 3 is 2.81 bits per heavy atom. The second-order valence-electron chi connectivity index (χ2n) is 7.02. The Bertz CT molecular complexity index is 903. The molecule has 0 bridgehead atoms. The van der Waals surface area contributed by atoms with Crippen molar-refractivity contribution in [1.82, 2.24) is 19.4 Å². The minimum Gasteiger partial charge on any atom is -0.472 e.